The van der Waals surface area contributed by atoms with Gasteiger partial charge in [-0.1, -0.05) is 0 Å². The quantitative estimate of drug-likeness (QED) is 0.806. The second-order valence-electron chi connectivity index (χ2n) is 5.38. The molecule has 1 aromatic carbocycles. The first-order valence-electron chi connectivity index (χ1n) is 7.43. The van der Waals surface area contributed by atoms with E-state index in [-0.39, 0.29) is 24.6 Å². The van der Waals surface area contributed by atoms with Gasteiger partial charge in [0.05, 0.1) is 11.3 Å². The van der Waals surface area contributed by atoms with Crippen LogP contribution in [0, 0.1) is 6.92 Å². The van der Waals surface area contributed by atoms with E-state index in [9.17, 15) is 22.8 Å². The van der Waals surface area contributed by atoms with E-state index in [2.05, 4.69) is 15.7 Å². The Morgan fingerprint density at radius 1 is 1.08 bits per heavy atom. The summed E-state index contributed by atoms with van der Waals surface area (Å²) in [6.07, 6.45) is -4.44. The standard InChI is InChI=1S/C16H17F3N4O2/c1-10-9-13(23(2)22-10)15(25)21-8-7-20-14(24)11-3-5-12(6-4-11)16(17,18)19/h3-6,9H,7-8H2,1-2H3,(H,20,24)(H,21,25). The lowest BCUT2D eigenvalue weighted by Crippen LogP contribution is -2.35. The van der Waals surface area contributed by atoms with Crippen molar-refractivity contribution < 1.29 is 22.8 Å². The number of carbonyl (C=O) groups excluding carboxylic acids is 2. The molecule has 2 amide bonds. The average Bonchev–Trinajstić information content (AvgIpc) is 2.89. The minimum atomic E-state index is -4.44. The first-order valence-corrected chi connectivity index (χ1v) is 7.43. The summed E-state index contributed by atoms with van der Waals surface area (Å²) >= 11 is 0. The van der Waals surface area contributed by atoms with Crippen molar-refractivity contribution in [3.05, 3.63) is 52.8 Å². The summed E-state index contributed by atoms with van der Waals surface area (Å²) in [6, 6.07) is 5.54. The zero-order chi connectivity index (χ0) is 18.6. The van der Waals surface area contributed by atoms with Gasteiger partial charge in [-0.3, -0.25) is 14.3 Å². The van der Waals surface area contributed by atoms with Crippen molar-refractivity contribution in [3.63, 3.8) is 0 Å². The highest BCUT2D eigenvalue weighted by Gasteiger charge is 2.30. The molecule has 0 aliphatic heterocycles. The summed E-state index contributed by atoms with van der Waals surface area (Å²) in [7, 11) is 1.65. The Hall–Kier alpha value is -2.84. The van der Waals surface area contributed by atoms with Gasteiger partial charge in [0.2, 0.25) is 0 Å². The zero-order valence-electron chi connectivity index (χ0n) is 13.6. The number of alkyl halides is 3. The van der Waals surface area contributed by atoms with Crippen LogP contribution in [0.3, 0.4) is 0 Å². The molecular formula is C16H17F3N4O2. The highest BCUT2D eigenvalue weighted by atomic mass is 19.4. The highest BCUT2D eigenvalue weighted by Crippen LogP contribution is 2.28. The van der Waals surface area contributed by atoms with Crippen LogP contribution in [0.2, 0.25) is 0 Å². The molecular weight excluding hydrogens is 337 g/mol. The molecule has 0 saturated carbocycles. The Morgan fingerprint density at radius 3 is 2.12 bits per heavy atom. The third-order valence-electron chi connectivity index (χ3n) is 3.41. The normalized spacial score (nSPS) is 11.2. The van der Waals surface area contributed by atoms with Crippen LogP contribution in [-0.2, 0) is 13.2 Å². The number of hydrogen-bond donors (Lipinski definition) is 2. The van der Waals surface area contributed by atoms with Crippen molar-refractivity contribution in [2.45, 2.75) is 13.1 Å². The van der Waals surface area contributed by atoms with Crippen molar-refractivity contribution in [2.24, 2.45) is 7.05 Å². The fourth-order valence-corrected chi connectivity index (χ4v) is 2.18. The Morgan fingerprint density at radius 2 is 1.64 bits per heavy atom. The topological polar surface area (TPSA) is 76.0 Å². The zero-order valence-corrected chi connectivity index (χ0v) is 13.6. The van der Waals surface area contributed by atoms with Crippen LogP contribution in [0.25, 0.3) is 0 Å². The molecule has 0 bridgehead atoms. The number of halogens is 3. The molecule has 2 aromatic rings. The van der Waals surface area contributed by atoms with Crippen molar-refractivity contribution in [1.29, 1.82) is 0 Å². The summed E-state index contributed by atoms with van der Waals surface area (Å²) in [5, 5.41) is 9.21. The summed E-state index contributed by atoms with van der Waals surface area (Å²) in [5.41, 5.74) is 0.402. The molecule has 9 heteroatoms. The van der Waals surface area contributed by atoms with Crippen molar-refractivity contribution in [1.82, 2.24) is 20.4 Å². The molecule has 6 nitrogen and oxygen atoms in total. The van der Waals surface area contributed by atoms with Gasteiger partial charge in [0, 0.05) is 25.7 Å². The molecule has 0 radical (unpaired) electrons. The molecule has 25 heavy (non-hydrogen) atoms. The van der Waals surface area contributed by atoms with E-state index in [0.29, 0.717) is 11.4 Å². The van der Waals surface area contributed by atoms with Gasteiger partial charge in [-0.2, -0.15) is 18.3 Å². The number of benzene rings is 1. The van der Waals surface area contributed by atoms with Crippen LogP contribution in [-0.4, -0.2) is 34.7 Å². The molecule has 0 aliphatic rings. The minimum absolute atomic E-state index is 0.113. The predicted octanol–water partition coefficient (Wildman–Crippen LogP) is 1.91. The number of nitrogens with one attached hydrogen (secondary N) is 2. The van der Waals surface area contributed by atoms with Crippen molar-refractivity contribution >= 4 is 11.8 Å². The monoisotopic (exact) mass is 354 g/mol. The third kappa shape index (κ3) is 4.82. The van der Waals surface area contributed by atoms with E-state index in [1.807, 2.05) is 0 Å². The van der Waals surface area contributed by atoms with E-state index >= 15 is 0 Å². The van der Waals surface area contributed by atoms with Gasteiger partial charge in [-0.15, -0.1) is 0 Å². The number of nitrogens with zero attached hydrogens (tertiary/aromatic N) is 2. The number of rotatable bonds is 5. The smallest absolute Gasteiger partial charge is 0.350 e. The van der Waals surface area contributed by atoms with E-state index in [1.54, 1.807) is 20.0 Å². The lowest BCUT2D eigenvalue weighted by atomic mass is 10.1. The van der Waals surface area contributed by atoms with Gasteiger partial charge in [0.15, 0.2) is 0 Å². The van der Waals surface area contributed by atoms with Crippen LogP contribution in [0.4, 0.5) is 13.2 Å². The van der Waals surface area contributed by atoms with Gasteiger partial charge in [-0.25, -0.2) is 0 Å². The van der Waals surface area contributed by atoms with Gasteiger partial charge in [0.25, 0.3) is 11.8 Å². The predicted molar refractivity (Wildman–Crippen MR) is 84.1 cm³/mol. The van der Waals surface area contributed by atoms with Crippen LogP contribution >= 0.6 is 0 Å². The molecule has 2 rings (SSSR count). The molecule has 0 spiro atoms. The minimum Gasteiger partial charge on any atom is -0.350 e. The summed E-state index contributed by atoms with van der Waals surface area (Å²) in [6.45, 7) is 2.08. The van der Waals surface area contributed by atoms with Gasteiger partial charge < -0.3 is 10.6 Å². The van der Waals surface area contributed by atoms with E-state index in [1.165, 1.54) is 4.68 Å². The van der Waals surface area contributed by atoms with Crippen LogP contribution in [0.5, 0.6) is 0 Å². The van der Waals surface area contributed by atoms with Crippen LogP contribution in [0.15, 0.2) is 30.3 Å². The van der Waals surface area contributed by atoms with E-state index in [0.717, 1.165) is 24.3 Å². The summed E-state index contributed by atoms with van der Waals surface area (Å²) in [5.74, 6) is -0.841. The summed E-state index contributed by atoms with van der Waals surface area (Å²) in [4.78, 5) is 23.8. The van der Waals surface area contributed by atoms with Crippen LogP contribution < -0.4 is 10.6 Å². The Kier molecular flexibility index (Phi) is 5.45. The second kappa shape index (κ2) is 7.37. The summed E-state index contributed by atoms with van der Waals surface area (Å²) < 4.78 is 38.9. The fourth-order valence-electron chi connectivity index (χ4n) is 2.18. The molecule has 0 atom stereocenters. The van der Waals surface area contributed by atoms with Gasteiger partial charge in [-0.05, 0) is 37.3 Å². The molecule has 0 fully saturated rings. The maximum atomic E-state index is 12.5. The maximum Gasteiger partial charge on any atom is 0.416 e. The SMILES string of the molecule is Cc1cc(C(=O)NCCNC(=O)c2ccc(C(F)(F)F)cc2)n(C)n1. The maximum absolute atomic E-state index is 12.5. The number of amides is 2. The number of aromatic nitrogens is 2. The second-order valence-corrected chi connectivity index (χ2v) is 5.38. The Balaban J connectivity index is 1.80. The van der Waals surface area contributed by atoms with Crippen molar-refractivity contribution in [2.75, 3.05) is 13.1 Å². The van der Waals surface area contributed by atoms with E-state index in [4.69, 9.17) is 0 Å². The van der Waals surface area contributed by atoms with E-state index < -0.39 is 17.6 Å². The lowest BCUT2D eigenvalue weighted by molar-refractivity contribution is -0.137. The molecule has 134 valence electrons. The third-order valence-corrected chi connectivity index (χ3v) is 3.41. The fraction of sp³-hybridized carbons (Fsp3) is 0.312. The molecule has 2 N–H and O–H groups in total. The number of aryl methyl sites for hydroxylation is 2. The largest absolute Gasteiger partial charge is 0.416 e. The molecule has 0 saturated heterocycles. The highest BCUT2D eigenvalue weighted by molar-refractivity contribution is 5.94. The van der Waals surface area contributed by atoms with Gasteiger partial charge >= 0.3 is 6.18 Å². The molecule has 1 aromatic heterocycles. The Labute approximate surface area is 142 Å². The number of hydrogen-bond acceptors (Lipinski definition) is 3. The lowest BCUT2D eigenvalue weighted by Gasteiger charge is -2.09. The molecule has 1 heterocycles. The first-order chi connectivity index (χ1) is 11.7. The van der Waals surface area contributed by atoms with Gasteiger partial charge in [0.1, 0.15) is 5.69 Å². The van der Waals surface area contributed by atoms with Crippen molar-refractivity contribution in [3.8, 4) is 0 Å². The molecule has 0 unspecified atom stereocenters. The average molecular weight is 354 g/mol. The first kappa shape index (κ1) is 18.5. The Bertz CT molecular complexity index is 767. The number of carbonyl (C=O) groups is 2. The molecule has 0 aliphatic carbocycles. The van der Waals surface area contributed by atoms with Crippen LogP contribution in [0.1, 0.15) is 32.1 Å².